The third-order valence-corrected chi connectivity index (χ3v) is 5.84. The molecule has 0 saturated carbocycles. The molecule has 3 aromatic carbocycles. The highest BCUT2D eigenvalue weighted by atomic mass is 127. The Bertz CT molecular complexity index is 879. The first kappa shape index (κ1) is 17.3. The van der Waals surface area contributed by atoms with E-state index in [0.717, 1.165) is 12.8 Å². The second-order valence-corrected chi connectivity index (χ2v) is 7.87. The first-order valence-corrected chi connectivity index (χ1v) is 10.1. The van der Waals surface area contributed by atoms with Gasteiger partial charge >= 0.3 is 0 Å². The van der Waals surface area contributed by atoms with Gasteiger partial charge in [0.05, 0.1) is 5.41 Å². The summed E-state index contributed by atoms with van der Waals surface area (Å²) in [4.78, 5) is 0. The van der Waals surface area contributed by atoms with Gasteiger partial charge in [-0.25, -0.2) is 0 Å². The maximum absolute atomic E-state index is 2.41. The van der Waals surface area contributed by atoms with Crippen LogP contribution in [0.5, 0.6) is 0 Å². The molecule has 0 amide bonds. The molecule has 0 radical (unpaired) electrons. The highest BCUT2D eigenvalue weighted by molar-refractivity contribution is 14.1. The van der Waals surface area contributed by atoms with Crippen molar-refractivity contribution in [3.05, 3.63) is 129 Å². The van der Waals surface area contributed by atoms with Gasteiger partial charge in [0.1, 0.15) is 0 Å². The van der Waals surface area contributed by atoms with Crippen molar-refractivity contribution < 1.29 is 0 Å². The molecule has 0 aliphatic heterocycles. The van der Waals surface area contributed by atoms with Gasteiger partial charge in [-0.2, -0.15) is 0 Å². The van der Waals surface area contributed by atoms with Crippen molar-refractivity contribution in [2.24, 2.45) is 0 Å². The predicted octanol–water partition coefficient (Wildman–Crippen LogP) is 6.90. The van der Waals surface area contributed by atoms with Gasteiger partial charge in [0, 0.05) is 3.57 Å². The van der Waals surface area contributed by atoms with E-state index in [0.29, 0.717) is 0 Å². The van der Waals surface area contributed by atoms with Crippen molar-refractivity contribution in [3.63, 3.8) is 0 Å². The Kier molecular flexibility index (Phi) is 5.07. The minimum Gasteiger partial charge on any atom is -0.0839 e. The Labute approximate surface area is 169 Å². The molecule has 1 aliphatic carbocycles. The van der Waals surface area contributed by atoms with E-state index in [-0.39, 0.29) is 5.41 Å². The molecule has 26 heavy (non-hydrogen) atoms. The van der Waals surface area contributed by atoms with E-state index in [1.807, 2.05) is 0 Å². The largest absolute Gasteiger partial charge is 0.0839 e. The van der Waals surface area contributed by atoms with Crippen LogP contribution < -0.4 is 0 Å². The summed E-state index contributed by atoms with van der Waals surface area (Å²) in [6.07, 6.45) is 9.26. The van der Waals surface area contributed by atoms with Crippen LogP contribution in [0.2, 0.25) is 0 Å². The third-order valence-electron chi connectivity index (χ3n) is 5.12. The number of allylic oxidation sites excluding steroid dienone is 4. The van der Waals surface area contributed by atoms with Crippen molar-refractivity contribution in [3.8, 4) is 0 Å². The molecule has 0 atom stereocenters. The normalized spacial score (nSPS) is 14.1. The van der Waals surface area contributed by atoms with Crippen molar-refractivity contribution in [1.82, 2.24) is 0 Å². The van der Waals surface area contributed by atoms with Crippen LogP contribution in [-0.4, -0.2) is 0 Å². The topological polar surface area (TPSA) is 0 Å². The van der Waals surface area contributed by atoms with Crippen LogP contribution in [-0.2, 0) is 5.41 Å². The lowest BCUT2D eigenvalue weighted by Crippen LogP contribution is -2.31. The fourth-order valence-electron chi connectivity index (χ4n) is 3.97. The highest BCUT2D eigenvalue weighted by Gasteiger charge is 2.39. The second kappa shape index (κ2) is 7.63. The monoisotopic (exact) mass is 448 g/mol. The standard InChI is InChI=1S/C25H21I/c26-24-18-16-23(17-19-24)25(20-10-4-1-5-11-20,21-12-6-2-7-13-21)22-14-8-3-9-15-22/h1-2,4-8,10-19H,3,9H2. The van der Waals surface area contributed by atoms with E-state index in [1.54, 1.807) is 0 Å². The van der Waals surface area contributed by atoms with Gasteiger partial charge < -0.3 is 0 Å². The molecule has 0 nitrogen and oxygen atoms in total. The maximum atomic E-state index is 2.41. The van der Waals surface area contributed by atoms with E-state index < -0.39 is 0 Å². The van der Waals surface area contributed by atoms with E-state index in [2.05, 4.69) is 126 Å². The fourth-order valence-corrected chi connectivity index (χ4v) is 4.33. The zero-order chi connectivity index (χ0) is 17.8. The molecule has 0 heterocycles. The zero-order valence-electron chi connectivity index (χ0n) is 14.6. The van der Waals surface area contributed by atoms with E-state index in [9.17, 15) is 0 Å². The highest BCUT2D eigenvalue weighted by Crippen LogP contribution is 2.46. The molecule has 4 rings (SSSR count). The van der Waals surface area contributed by atoms with Crippen LogP contribution in [0.15, 0.2) is 109 Å². The van der Waals surface area contributed by atoms with Gasteiger partial charge in [-0.05, 0) is 69.8 Å². The summed E-state index contributed by atoms with van der Waals surface area (Å²) in [7, 11) is 0. The minimum absolute atomic E-state index is 0.288. The predicted molar refractivity (Wildman–Crippen MR) is 118 cm³/mol. The number of rotatable bonds is 4. The second-order valence-electron chi connectivity index (χ2n) is 6.63. The van der Waals surface area contributed by atoms with E-state index in [1.165, 1.54) is 25.8 Å². The Hall–Kier alpha value is -2.13. The first-order valence-electron chi connectivity index (χ1n) is 9.06. The van der Waals surface area contributed by atoms with Crippen LogP contribution in [0.3, 0.4) is 0 Å². The number of benzene rings is 3. The van der Waals surface area contributed by atoms with Crippen molar-refractivity contribution in [2.45, 2.75) is 18.3 Å². The molecule has 0 spiro atoms. The lowest BCUT2D eigenvalue weighted by Gasteiger charge is -2.38. The van der Waals surface area contributed by atoms with Crippen LogP contribution >= 0.6 is 22.6 Å². The van der Waals surface area contributed by atoms with Gasteiger partial charge in [0.15, 0.2) is 0 Å². The molecule has 0 saturated heterocycles. The molecule has 128 valence electrons. The molecule has 0 unspecified atom stereocenters. The fraction of sp³-hybridized carbons (Fsp3) is 0.120. The summed E-state index contributed by atoms with van der Waals surface area (Å²) in [5.74, 6) is 0. The summed E-state index contributed by atoms with van der Waals surface area (Å²) in [5, 5.41) is 0. The van der Waals surface area contributed by atoms with Gasteiger partial charge in [0.25, 0.3) is 0 Å². The number of halogens is 1. The van der Waals surface area contributed by atoms with E-state index in [4.69, 9.17) is 0 Å². The number of hydrogen-bond donors (Lipinski definition) is 0. The molecule has 0 N–H and O–H groups in total. The molecule has 0 bridgehead atoms. The molecular weight excluding hydrogens is 427 g/mol. The summed E-state index contributed by atoms with van der Waals surface area (Å²) < 4.78 is 1.26. The van der Waals surface area contributed by atoms with Crippen LogP contribution in [0, 0.1) is 3.57 Å². The summed E-state index contributed by atoms with van der Waals surface area (Å²) in [5.41, 5.74) is 5.01. The number of hydrogen-bond acceptors (Lipinski definition) is 0. The Morgan fingerprint density at radius 3 is 1.65 bits per heavy atom. The average molecular weight is 448 g/mol. The lowest BCUT2D eigenvalue weighted by molar-refractivity contribution is 0.730. The lowest BCUT2D eigenvalue weighted by atomic mass is 9.64. The zero-order valence-corrected chi connectivity index (χ0v) is 16.8. The van der Waals surface area contributed by atoms with Crippen LogP contribution in [0.1, 0.15) is 29.5 Å². The smallest absolute Gasteiger partial charge is 0.0698 e. The minimum atomic E-state index is -0.288. The Morgan fingerprint density at radius 2 is 1.15 bits per heavy atom. The van der Waals surface area contributed by atoms with Crippen LogP contribution in [0.4, 0.5) is 0 Å². The average Bonchev–Trinajstić information content (AvgIpc) is 2.72. The molecule has 0 fully saturated rings. The molecule has 3 aromatic rings. The van der Waals surface area contributed by atoms with Crippen LogP contribution in [0.25, 0.3) is 0 Å². The molecule has 1 aliphatic rings. The third kappa shape index (κ3) is 3.05. The molecule has 0 aromatic heterocycles. The van der Waals surface area contributed by atoms with Gasteiger partial charge in [-0.1, -0.05) is 91.0 Å². The maximum Gasteiger partial charge on any atom is 0.0698 e. The summed E-state index contributed by atoms with van der Waals surface area (Å²) in [6, 6.07) is 30.8. The van der Waals surface area contributed by atoms with Gasteiger partial charge in [0.2, 0.25) is 0 Å². The molecular formula is C25H21I. The van der Waals surface area contributed by atoms with Gasteiger partial charge in [-0.3, -0.25) is 0 Å². The molecule has 1 heteroatoms. The Balaban J connectivity index is 2.08. The Morgan fingerprint density at radius 1 is 0.615 bits per heavy atom. The van der Waals surface area contributed by atoms with E-state index >= 15 is 0 Å². The van der Waals surface area contributed by atoms with Crippen molar-refractivity contribution in [1.29, 1.82) is 0 Å². The van der Waals surface area contributed by atoms with Crippen molar-refractivity contribution in [2.75, 3.05) is 0 Å². The first-order chi connectivity index (χ1) is 12.8. The van der Waals surface area contributed by atoms with Gasteiger partial charge in [-0.15, -0.1) is 0 Å². The quantitative estimate of drug-likeness (QED) is 0.301. The summed E-state index contributed by atoms with van der Waals surface area (Å²) >= 11 is 2.38. The van der Waals surface area contributed by atoms with Crippen molar-refractivity contribution >= 4 is 22.6 Å². The SMILES string of the molecule is Ic1ccc(C(C2=CCCC=C2)(c2ccccc2)c2ccccc2)cc1. The summed E-state index contributed by atoms with van der Waals surface area (Å²) in [6.45, 7) is 0.